The van der Waals surface area contributed by atoms with Crippen molar-refractivity contribution in [3.63, 3.8) is 0 Å². The smallest absolute Gasteiger partial charge is 0.241 e. The van der Waals surface area contributed by atoms with Gasteiger partial charge in [-0.2, -0.15) is 0 Å². The Morgan fingerprint density at radius 1 is 1.00 bits per heavy atom. The molecule has 1 rings (SSSR count). The molecule has 1 saturated heterocycles. The van der Waals surface area contributed by atoms with Gasteiger partial charge in [0, 0.05) is 5.92 Å². The summed E-state index contributed by atoms with van der Waals surface area (Å²) in [6.07, 6.45) is 0.108. The van der Waals surface area contributed by atoms with Gasteiger partial charge in [-0.3, -0.25) is 0 Å². The molecule has 1 atom stereocenters. The molecule has 1 aliphatic rings. The minimum absolute atomic E-state index is 0.352. The van der Waals surface area contributed by atoms with Gasteiger partial charge in [0.1, 0.15) is 0 Å². The predicted molar refractivity (Wildman–Crippen MR) is 58.9 cm³/mol. The van der Waals surface area contributed by atoms with Crippen molar-refractivity contribution in [3.8, 4) is 0 Å². The summed E-state index contributed by atoms with van der Waals surface area (Å²) in [7, 11) is 0. The second-order valence-electron chi connectivity index (χ2n) is 2.78. The highest BCUT2D eigenvalue weighted by molar-refractivity contribution is 4.67. The second-order valence-corrected chi connectivity index (χ2v) is 2.78. The normalized spacial score (nSPS) is 21.2. The molecule has 1 aliphatic heterocycles. The molecule has 0 saturated carbocycles. The van der Waals surface area contributed by atoms with Crippen LogP contribution in [0.2, 0.25) is 0 Å². The lowest BCUT2D eigenvalue weighted by Crippen LogP contribution is -2.16. The Morgan fingerprint density at radius 3 is 2.07 bits per heavy atom. The van der Waals surface area contributed by atoms with Crippen LogP contribution in [0.15, 0.2) is 0 Å². The lowest BCUT2D eigenvalue weighted by atomic mass is 10.0. The summed E-state index contributed by atoms with van der Waals surface area (Å²) in [6, 6.07) is 0. The molecule has 0 amide bonds. The molecule has 1 unspecified atom stereocenters. The van der Waals surface area contributed by atoms with Crippen molar-refractivity contribution >= 4 is 0 Å². The molecule has 1 nitrogen and oxygen atoms in total. The zero-order valence-corrected chi connectivity index (χ0v) is 9.95. The maximum absolute atomic E-state index is 12.1. The van der Waals surface area contributed by atoms with Crippen molar-refractivity contribution < 1.29 is 8.78 Å². The largest absolute Gasteiger partial charge is 0.317 e. The van der Waals surface area contributed by atoms with Gasteiger partial charge in [0.25, 0.3) is 0 Å². The molecule has 0 radical (unpaired) electrons. The Hall–Kier alpha value is -0.180. The fraction of sp³-hybridized carbons (Fsp3) is 1.00. The minimum Gasteiger partial charge on any atom is -0.317 e. The van der Waals surface area contributed by atoms with E-state index in [1.807, 2.05) is 27.7 Å². The van der Waals surface area contributed by atoms with E-state index >= 15 is 0 Å². The van der Waals surface area contributed by atoms with E-state index in [0.717, 1.165) is 19.5 Å². The lowest BCUT2D eigenvalue weighted by molar-refractivity contribution is 0.0705. The van der Waals surface area contributed by atoms with E-state index in [-0.39, 0.29) is 5.92 Å². The van der Waals surface area contributed by atoms with Gasteiger partial charge >= 0.3 is 0 Å². The average Bonchev–Trinajstić information content (AvgIpc) is 2.52. The topological polar surface area (TPSA) is 12.0 Å². The van der Waals surface area contributed by atoms with Crippen LogP contribution in [0.25, 0.3) is 0 Å². The van der Waals surface area contributed by atoms with Crippen LogP contribution >= 0.6 is 0 Å². The quantitative estimate of drug-likeness (QED) is 0.694. The molecule has 1 fully saturated rings. The first-order valence-corrected chi connectivity index (χ1v) is 5.79. The first-order valence-electron chi connectivity index (χ1n) is 5.79. The molecular weight excluding hydrogens is 184 g/mol. The van der Waals surface area contributed by atoms with Gasteiger partial charge in [0.2, 0.25) is 6.43 Å². The molecule has 0 aromatic rings. The molecule has 1 N–H and O–H groups in total. The molecule has 0 aromatic carbocycles. The van der Waals surface area contributed by atoms with E-state index in [0.29, 0.717) is 12.8 Å². The molecule has 0 aliphatic carbocycles. The fourth-order valence-corrected chi connectivity index (χ4v) is 1.30. The third-order valence-corrected chi connectivity index (χ3v) is 1.98. The van der Waals surface area contributed by atoms with E-state index in [1.54, 1.807) is 0 Å². The highest BCUT2D eigenvalue weighted by atomic mass is 19.3. The van der Waals surface area contributed by atoms with Crippen LogP contribution in [0, 0.1) is 5.92 Å². The molecular formula is C11H25F2N. The SMILES string of the molecule is CC.CC.FC(F)C1CCCNCC1. The average molecular weight is 209 g/mol. The summed E-state index contributed by atoms with van der Waals surface area (Å²) in [4.78, 5) is 0. The maximum Gasteiger partial charge on any atom is 0.241 e. The van der Waals surface area contributed by atoms with Gasteiger partial charge in [0.05, 0.1) is 0 Å². The van der Waals surface area contributed by atoms with E-state index < -0.39 is 6.43 Å². The van der Waals surface area contributed by atoms with Crippen LogP contribution in [-0.2, 0) is 0 Å². The standard InChI is InChI=1S/C7H13F2N.2C2H6/c8-7(9)6-2-1-4-10-5-3-6;2*1-2/h6-7,10H,1-5H2;2*1-2H3. The molecule has 0 spiro atoms. The van der Waals surface area contributed by atoms with Crippen molar-refractivity contribution in [2.75, 3.05) is 13.1 Å². The monoisotopic (exact) mass is 209 g/mol. The van der Waals surface area contributed by atoms with Crippen molar-refractivity contribution in [1.82, 2.24) is 5.32 Å². The summed E-state index contributed by atoms with van der Waals surface area (Å²) in [6.45, 7) is 9.66. The number of nitrogens with one attached hydrogen (secondary N) is 1. The zero-order valence-electron chi connectivity index (χ0n) is 9.95. The highest BCUT2D eigenvalue weighted by Crippen LogP contribution is 2.20. The molecule has 88 valence electrons. The molecule has 0 bridgehead atoms. The molecule has 0 aromatic heterocycles. The zero-order chi connectivity index (χ0) is 11.4. The number of alkyl halides is 2. The third-order valence-electron chi connectivity index (χ3n) is 1.98. The van der Waals surface area contributed by atoms with E-state index in [1.165, 1.54) is 0 Å². The minimum atomic E-state index is -2.11. The Balaban J connectivity index is 0. The summed E-state index contributed by atoms with van der Waals surface area (Å²) >= 11 is 0. The van der Waals surface area contributed by atoms with Crippen LogP contribution in [0.5, 0.6) is 0 Å². The van der Waals surface area contributed by atoms with E-state index in [9.17, 15) is 8.78 Å². The van der Waals surface area contributed by atoms with Gasteiger partial charge in [-0.05, 0) is 32.4 Å². The fourth-order valence-electron chi connectivity index (χ4n) is 1.30. The number of hydrogen-bond acceptors (Lipinski definition) is 1. The van der Waals surface area contributed by atoms with Gasteiger partial charge in [-0.15, -0.1) is 0 Å². The van der Waals surface area contributed by atoms with Crippen LogP contribution in [0.4, 0.5) is 8.78 Å². The first-order chi connectivity index (χ1) is 6.80. The molecule has 1 heterocycles. The molecule has 14 heavy (non-hydrogen) atoms. The summed E-state index contributed by atoms with van der Waals surface area (Å²) in [5.41, 5.74) is 0. The van der Waals surface area contributed by atoms with Crippen LogP contribution in [0.3, 0.4) is 0 Å². The first kappa shape index (κ1) is 16.3. The predicted octanol–water partition coefficient (Wildman–Crippen LogP) is 3.69. The third kappa shape index (κ3) is 8.42. The Morgan fingerprint density at radius 2 is 1.57 bits per heavy atom. The van der Waals surface area contributed by atoms with Crippen LogP contribution in [-0.4, -0.2) is 19.5 Å². The van der Waals surface area contributed by atoms with Gasteiger partial charge < -0.3 is 5.32 Å². The summed E-state index contributed by atoms with van der Waals surface area (Å²) in [5, 5.41) is 3.10. The van der Waals surface area contributed by atoms with Crippen LogP contribution < -0.4 is 5.32 Å². The molecule has 3 heteroatoms. The Kier molecular flexibility index (Phi) is 14.9. The summed E-state index contributed by atoms with van der Waals surface area (Å²) in [5.74, 6) is -0.352. The van der Waals surface area contributed by atoms with Gasteiger partial charge in [-0.25, -0.2) is 8.78 Å². The number of halogens is 2. The highest BCUT2D eigenvalue weighted by Gasteiger charge is 2.20. The van der Waals surface area contributed by atoms with Crippen molar-refractivity contribution in [2.45, 2.75) is 53.4 Å². The number of rotatable bonds is 1. The van der Waals surface area contributed by atoms with E-state index in [4.69, 9.17) is 0 Å². The van der Waals surface area contributed by atoms with Crippen molar-refractivity contribution in [1.29, 1.82) is 0 Å². The Bertz CT molecular complexity index is 89.3. The van der Waals surface area contributed by atoms with Crippen LogP contribution in [0.1, 0.15) is 47.0 Å². The van der Waals surface area contributed by atoms with Gasteiger partial charge in [-0.1, -0.05) is 27.7 Å². The van der Waals surface area contributed by atoms with E-state index in [2.05, 4.69) is 5.32 Å². The second kappa shape index (κ2) is 12.8. The lowest BCUT2D eigenvalue weighted by Gasteiger charge is -2.10. The Labute approximate surface area is 87.3 Å². The van der Waals surface area contributed by atoms with Crippen molar-refractivity contribution in [3.05, 3.63) is 0 Å². The summed E-state index contributed by atoms with van der Waals surface area (Å²) < 4.78 is 24.1. The number of hydrogen-bond donors (Lipinski definition) is 1. The maximum atomic E-state index is 12.1. The van der Waals surface area contributed by atoms with Crippen molar-refractivity contribution in [2.24, 2.45) is 5.92 Å². The van der Waals surface area contributed by atoms with Gasteiger partial charge in [0.15, 0.2) is 0 Å².